The minimum Gasteiger partial charge on any atom is -0.356 e. The van der Waals surface area contributed by atoms with Crippen molar-refractivity contribution in [3.8, 4) is 0 Å². The van der Waals surface area contributed by atoms with Crippen LogP contribution in [0.15, 0.2) is 0 Å². The summed E-state index contributed by atoms with van der Waals surface area (Å²) in [5, 5.41) is 2.77. The summed E-state index contributed by atoms with van der Waals surface area (Å²) in [6, 6.07) is 0. The summed E-state index contributed by atoms with van der Waals surface area (Å²) in [4.78, 5) is 24.0. The molecule has 0 saturated carbocycles. The molecular weight excluding hydrogens is 329 g/mol. The number of hydrogen-bond acceptors (Lipinski definition) is 4. The molecule has 1 N–H and O–H groups in total. The summed E-state index contributed by atoms with van der Waals surface area (Å²) in [6.07, 6.45) is -3.04. The van der Waals surface area contributed by atoms with Crippen molar-refractivity contribution in [1.29, 1.82) is 0 Å². The van der Waals surface area contributed by atoms with E-state index in [0.717, 1.165) is 11.3 Å². The molecular formula is C15H23F3N2O4. The normalized spacial score (nSPS) is 22.2. The first-order chi connectivity index (χ1) is 11.2. The minimum absolute atomic E-state index is 0.0552. The Morgan fingerprint density at radius 1 is 1.21 bits per heavy atom. The summed E-state index contributed by atoms with van der Waals surface area (Å²) in [7, 11) is 0. The van der Waals surface area contributed by atoms with Crippen LogP contribution in [0.25, 0.3) is 0 Å². The third kappa shape index (κ3) is 5.07. The largest absolute Gasteiger partial charge is 0.471 e. The average molecular weight is 352 g/mol. The number of halogens is 3. The van der Waals surface area contributed by atoms with Crippen LogP contribution < -0.4 is 5.32 Å². The number of rotatable bonds is 4. The number of amides is 2. The lowest BCUT2D eigenvalue weighted by molar-refractivity contribution is -0.258. The molecule has 2 aliphatic rings. The molecule has 0 aromatic rings. The fourth-order valence-corrected chi connectivity index (χ4v) is 2.90. The lowest BCUT2D eigenvalue weighted by atomic mass is 9.95. The van der Waals surface area contributed by atoms with E-state index in [9.17, 15) is 22.8 Å². The molecule has 2 rings (SSSR count). The topological polar surface area (TPSA) is 67.9 Å². The van der Waals surface area contributed by atoms with Crippen LogP contribution in [0, 0.1) is 5.92 Å². The van der Waals surface area contributed by atoms with Crippen LogP contribution in [-0.2, 0) is 19.1 Å². The maximum absolute atomic E-state index is 12.4. The Balaban J connectivity index is 1.70. The Hall–Kier alpha value is -1.35. The van der Waals surface area contributed by atoms with E-state index in [1.807, 2.05) is 6.92 Å². The fraction of sp³-hybridized carbons (Fsp3) is 0.867. The molecule has 0 aliphatic carbocycles. The number of alkyl halides is 3. The van der Waals surface area contributed by atoms with Gasteiger partial charge in [0.25, 0.3) is 0 Å². The molecule has 0 bridgehead atoms. The van der Waals surface area contributed by atoms with Crippen molar-refractivity contribution in [3.05, 3.63) is 0 Å². The van der Waals surface area contributed by atoms with Crippen LogP contribution >= 0.6 is 0 Å². The smallest absolute Gasteiger partial charge is 0.356 e. The average Bonchev–Trinajstić information content (AvgIpc) is 2.54. The van der Waals surface area contributed by atoms with E-state index in [1.54, 1.807) is 0 Å². The van der Waals surface area contributed by atoms with E-state index in [0.29, 0.717) is 26.2 Å². The van der Waals surface area contributed by atoms with Gasteiger partial charge in [-0.05, 0) is 26.2 Å². The van der Waals surface area contributed by atoms with Crippen LogP contribution in [-0.4, -0.2) is 61.5 Å². The van der Waals surface area contributed by atoms with E-state index in [-0.39, 0.29) is 37.8 Å². The zero-order valence-electron chi connectivity index (χ0n) is 13.7. The predicted molar refractivity (Wildman–Crippen MR) is 77.9 cm³/mol. The lowest BCUT2D eigenvalue weighted by Gasteiger charge is -2.34. The number of ether oxygens (including phenoxy) is 2. The molecule has 2 heterocycles. The lowest BCUT2D eigenvalue weighted by Crippen LogP contribution is -2.48. The minimum atomic E-state index is -4.86. The van der Waals surface area contributed by atoms with Crippen molar-refractivity contribution in [2.45, 2.75) is 44.6 Å². The highest BCUT2D eigenvalue weighted by Gasteiger charge is 2.43. The first-order valence-electron chi connectivity index (χ1n) is 8.13. The van der Waals surface area contributed by atoms with E-state index >= 15 is 0 Å². The second-order valence-electron chi connectivity index (χ2n) is 6.29. The first-order valence-corrected chi connectivity index (χ1v) is 8.13. The van der Waals surface area contributed by atoms with Gasteiger partial charge in [0.05, 0.1) is 13.2 Å². The van der Waals surface area contributed by atoms with Gasteiger partial charge in [-0.1, -0.05) is 0 Å². The third-order valence-corrected chi connectivity index (χ3v) is 4.38. The second kappa shape index (κ2) is 7.69. The van der Waals surface area contributed by atoms with Gasteiger partial charge in [0.2, 0.25) is 5.91 Å². The Morgan fingerprint density at radius 2 is 1.79 bits per heavy atom. The highest BCUT2D eigenvalue weighted by atomic mass is 19.4. The van der Waals surface area contributed by atoms with Gasteiger partial charge in [-0.15, -0.1) is 0 Å². The molecule has 2 saturated heterocycles. The van der Waals surface area contributed by atoms with Crippen LogP contribution in [0.2, 0.25) is 0 Å². The summed E-state index contributed by atoms with van der Waals surface area (Å²) in [5.41, 5.74) is 0. The number of carbonyl (C=O) groups is 2. The Labute approximate surface area is 138 Å². The molecule has 2 aliphatic heterocycles. The molecule has 6 nitrogen and oxygen atoms in total. The van der Waals surface area contributed by atoms with Crippen LogP contribution in [0.5, 0.6) is 0 Å². The molecule has 0 aromatic carbocycles. The van der Waals surface area contributed by atoms with E-state index < -0.39 is 17.9 Å². The summed E-state index contributed by atoms with van der Waals surface area (Å²) < 4.78 is 48.2. The first kappa shape index (κ1) is 19.0. The molecule has 2 amide bonds. The standard InChI is InChI=1S/C15H23F3N2O4/c1-14(23-9-2-10-24-14)5-6-19-12(21)11-3-7-20(8-4-11)13(22)15(16,17)18/h11H,2-10H2,1H3,(H,19,21). The second-order valence-corrected chi connectivity index (χ2v) is 6.29. The van der Waals surface area contributed by atoms with Gasteiger partial charge in [-0.25, -0.2) is 0 Å². The van der Waals surface area contributed by atoms with E-state index in [4.69, 9.17) is 9.47 Å². The van der Waals surface area contributed by atoms with Crippen molar-refractivity contribution in [1.82, 2.24) is 10.2 Å². The number of nitrogens with one attached hydrogen (secondary N) is 1. The van der Waals surface area contributed by atoms with Gasteiger partial charge in [0.1, 0.15) is 0 Å². The third-order valence-electron chi connectivity index (χ3n) is 4.38. The molecule has 0 unspecified atom stereocenters. The number of nitrogens with zero attached hydrogens (tertiary/aromatic N) is 1. The molecule has 0 aromatic heterocycles. The van der Waals surface area contributed by atoms with Gasteiger partial charge in [-0.3, -0.25) is 9.59 Å². The molecule has 138 valence electrons. The summed E-state index contributed by atoms with van der Waals surface area (Å²) in [6.45, 7) is 3.32. The van der Waals surface area contributed by atoms with Gasteiger partial charge >= 0.3 is 12.1 Å². The Kier molecular flexibility index (Phi) is 6.08. The quantitative estimate of drug-likeness (QED) is 0.832. The fourth-order valence-electron chi connectivity index (χ4n) is 2.90. The monoisotopic (exact) mass is 352 g/mol. The van der Waals surface area contributed by atoms with Crippen LogP contribution in [0.4, 0.5) is 13.2 Å². The number of piperidine rings is 1. The van der Waals surface area contributed by atoms with Crippen molar-refractivity contribution >= 4 is 11.8 Å². The molecule has 0 radical (unpaired) electrons. The van der Waals surface area contributed by atoms with Crippen molar-refractivity contribution in [3.63, 3.8) is 0 Å². The van der Waals surface area contributed by atoms with Gasteiger partial charge in [0, 0.05) is 32.0 Å². The molecule has 2 fully saturated rings. The van der Waals surface area contributed by atoms with Crippen molar-refractivity contribution in [2.24, 2.45) is 5.92 Å². The van der Waals surface area contributed by atoms with Crippen LogP contribution in [0.3, 0.4) is 0 Å². The maximum atomic E-state index is 12.4. The SMILES string of the molecule is CC1(CCNC(=O)C2CCN(C(=O)C(F)(F)F)CC2)OCCCO1. The van der Waals surface area contributed by atoms with Crippen molar-refractivity contribution < 1.29 is 32.2 Å². The molecule has 9 heteroatoms. The zero-order chi connectivity index (χ0) is 17.8. The number of hydrogen-bond donors (Lipinski definition) is 1. The van der Waals surface area contributed by atoms with Crippen molar-refractivity contribution in [2.75, 3.05) is 32.8 Å². The van der Waals surface area contributed by atoms with Crippen LogP contribution in [0.1, 0.15) is 32.6 Å². The van der Waals surface area contributed by atoms with Gasteiger partial charge in [0.15, 0.2) is 5.79 Å². The van der Waals surface area contributed by atoms with Gasteiger partial charge < -0.3 is 19.7 Å². The van der Waals surface area contributed by atoms with E-state index in [2.05, 4.69) is 5.32 Å². The zero-order valence-corrected chi connectivity index (χ0v) is 13.7. The Morgan fingerprint density at radius 3 is 2.33 bits per heavy atom. The molecule has 0 atom stereocenters. The summed E-state index contributed by atoms with van der Waals surface area (Å²) >= 11 is 0. The predicted octanol–water partition coefficient (Wildman–Crippen LogP) is 1.45. The Bertz CT molecular complexity index is 456. The highest BCUT2D eigenvalue weighted by Crippen LogP contribution is 2.24. The van der Waals surface area contributed by atoms with E-state index in [1.165, 1.54) is 0 Å². The number of likely N-dealkylation sites (tertiary alicyclic amines) is 1. The number of carbonyl (C=O) groups excluding carboxylic acids is 2. The molecule has 0 spiro atoms. The summed E-state index contributed by atoms with van der Waals surface area (Å²) in [5.74, 6) is -3.11. The van der Waals surface area contributed by atoms with Gasteiger partial charge in [-0.2, -0.15) is 13.2 Å². The molecule has 24 heavy (non-hydrogen) atoms. The highest BCUT2D eigenvalue weighted by molar-refractivity contribution is 5.83. The maximum Gasteiger partial charge on any atom is 0.471 e.